The lowest BCUT2D eigenvalue weighted by Crippen LogP contribution is -2.37. The number of likely N-dealkylation sites (tertiary alicyclic amines) is 1. The first-order valence-corrected chi connectivity index (χ1v) is 7.89. The van der Waals surface area contributed by atoms with Gasteiger partial charge in [0.1, 0.15) is 0 Å². The van der Waals surface area contributed by atoms with Crippen molar-refractivity contribution >= 4 is 11.6 Å². The predicted octanol–water partition coefficient (Wildman–Crippen LogP) is 1.83. The van der Waals surface area contributed by atoms with E-state index in [0.29, 0.717) is 12.5 Å². The van der Waals surface area contributed by atoms with E-state index < -0.39 is 0 Å². The number of carbonyl (C=O) groups is 1. The number of pyridine rings is 1. The lowest BCUT2D eigenvalue weighted by Gasteiger charge is -2.26. The molecule has 2 rings (SSSR count). The van der Waals surface area contributed by atoms with E-state index in [1.165, 1.54) is 6.42 Å². The van der Waals surface area contributed by atoms with Gasteiger partial charge in [0.15, 0.2) is 0 Å². The number of nitrogens with zero attached hydrogens (tertiary/aromatic N) is 3. The molecular weight excluding hydrogens is 264 g/mol. The van der Waals surface area contributed by atoms with Crippen LogP contribution in [-0.2, 0) is 4.79 Å². The molecule has 1 fully saturated rings. The first-order valence-electron chi connectivity index (χ1n) is 7.89. The highest BCUT2D eigenvalue weighted by atomic mass is 16.1. The standard InChI is InChI=1S/C16H26N4O/c1-3-20(4-2)15-7-10-19(13-15)11-8-16(21)18-14-6-5-9-17-12-14/h5-6,9,12,15H,3-4,7-8,10-11,13H2,1-2H3,(H,18,21)/t15-/m1/s1. The average Bonchev–Trinajstić information content (AvgIpc) is 2.96. The molecule has 1 aliphatic heterocycles. The van der Waals surface area contributed by atoms with Gasteiger partial charge in [0.25, 0.3) is 0 Å². The van der Waals surface area contributed by atoms with Gasteiger partial charge >= 0.3 is 0 Å². The second-order valence-corrected chi connectivity index (χ2v) is 5.50. The zero-order chi connectivity index (χ0) is 15.1. The lowest BCUT2D eigenvalue weighted by molar-refractivity contribution is -0.116. The largest absolute Gasteiger partial charge is 0.325 e. The third-order valence-corrected chi connectivity index (χ3v) is 4.18. The molecule has 0 spiro atoms. The Hall–Kier alpha value is -1.46. The summed E-state index contributed by atoms with van der Waals surface area (Å²) in [6.07, 6.45) is 5.13. The third-order valence-electron chi connectivity index (χ3n) is 4.18. The van der Waals surface area contributed by atoms with Crippen LogP contribution in [0.2, 0.25) is 0 Å². The maximum atomic E-state index is 11.9. The summed E-state index contributed by atoms with van der Waals surface area (Å²) in [6.45, 7) is 9.67. The molecule has 1 aliphatic rings. The number of rotatable bonds is 7. The second-order valence-electron chi connectivity index (χ2n) is 5.50. The van der Waals surface area contributed by atoms with Gasteiger partial charge in [-0.25, -0.2) is 0 Å². The highest BCUT2D eigenvalue weighted by Crippen LogP contribution is 2.15. The van der Waals surface area contributed by atoms with Gasteiger partial charge in [0.05, 0.1) is 11.9 Å². The van der Waals surface area contributed by atoms with Crippen LogP contribution >= 0.6 is 0 Å². The predicted molar refractivity (Wildman–Crippen MR) is 85.2 cm³/mol. The molecular formula is C16H26N4O. The zero-order valence-electron chi connectivity index (χ0n) is 13.1. The minimum atomic E-state index is 0.0642. The van der Waals surface area contributed by atoms with Crippen molar-refractivity contribution in [1.29, 1.82) is 0 Å². The van der Waals surface area contributed by atoms with Crippen molar-refractivity contribution in [2.45, 2.75) is 32.7 Å². The van der Waals surface area contributed by atoms with E-state index in [0.717, 1.165) is 38.4 Å². The van der Waals surface area contributed by atoms with Crippen molar-refractivity contribution < 1.29 is 4.79 Å². The van der Waals surface area contributed by atoms with Crippen LogP contribution in [-0.4, -0.2) is 59.5 Å². The Bertz CT molecular complexity index is 433. The van der Waals surface area contributed by atoms with Crippen LogP contribution in [0.1, 0.15) is 26.7 Å². The molecule has 1 aromatic heterocycles. The summed E-state index contributed by atoms with van der Waals surface area (Å²) < 4.78 is 0. The number of nitrogens with one attached hydrogen (secondary N) is 1. The van der Waals surface area contributed by atoms with Crippen molar-refractivity contribution in [2.75, 3.05) is 38.0 Å². The van der Waals surface area contributed by atoms with Crippen molar-refractivity contribution in [3.05, 3.63) is 24.5 Å². The number of amides is 1. The quantitative estimate of drug-likeness (QED) is 0.832. The maximum Gasteiger partial charge on any atom is 0.225 e. The molecule has 1 amide bonds. The van der Waals surface area contributed by atoms with Crippen LogP contribution in [0.4, 0.5) is 5.69 Å². The molecule has 0 unspecified atom stereocenters. The minimum Gasteiger partial charge on any atom is -0.325 e. The first-order chi connectivity index (χ1) is 10.2. The molecule has 0 aromatic carbocycles. The average molecular weight is 290 g/mol. The molecule has 1 atom stereocenters. The second kappa shape index (κ2) is 8.10. The van der Waals surface area contributed by atoms with Crippen LogP contribution in [0.3, 0.4) is 0 Å². The van der Waals surface area contributed by atoms with Crippen molar-refractivity contribution in [2.24, 2.45) is 0 Å². The molecule has 1 saturated heterocycles. The highest BCUT2D eigenvalue weighted by molar-refractivity contribution is 5.90. The lowest BCUT2D eigenvalue weighted by atomic mass is 10.2. The molecule has 116 valence electrons. The normalized spacial score (nSPS) is 19.1. The molecule has 2 heterocycles. The molecule has 0 radical (unpaired) electrons. The summed E-state index contributed by atoms with van der Waals surface area (Å²) in [5, 5.41) is 2.88. The van der Waals surface area contributed by atoms with Gasteiger partial charge in [0, 0.05) is 31.7 Å². The number of hydrogen-bond donors (Lipinski definition) is 1. The van der Waals surface area contributed by atoms with Gasteiger partial charge in [-0.1, -0.05) is 13.8 Å². The molecule has 5 heteroatoms. The van der Waals surface area contributed by atoms with Crippen LogP contribution in [0.15, 0.2) is 24.5 Å². The Morgan fingerprint density at radius 1 is 1.48 bits per heavy atom. The van der Waals surface area contributed by atoms with Crippen LogP contribution in [0, 0.1) is 0 Å². The highest BCUT2D eigenvalue weighted by Gasteiger charge is 2.25. The Morgan fingerprint density at radius 2 is 2.29 bits per heavy atom. The summed E-state index contributed by atoms with van der Waals surface area (Å²) >= 11 is 0. The molecule has 1 aromatic rings. The van der Waals surface area contributed by atoms with Crippen LogP contribution in [0.5, 0.6) is 0 Å². The summed E-state index contributed by atoms with van der Waals surface area (Å²) in [5.41, 5.74) is 0.768. The zero-order valence-corrected chi connectivity index (χ0v) is 13.1. The molecule has 0 aliphatic carbocycles. The molecule has 1 N–H and O–H groups in total. The molecule has 21 heavy (non-hydrogen) atoms. The summed E-state index contributed by atoms with van der Waals surface area (Å²) in [6, 6.07) is 4.34. The van der Waals surface area contributed by atoms with Gasteiger partial charge in [-0.05, 0) is 38.2 Å². The third kappa shape index (κ3) is 4.79. The van der Waals surface area contributed by atoms with Gasteiger partial charge in [-0.3, -0.25) is 14.7 Å². The number of carbonyl (C=O) groups excluding carboxylic acids is 1. The fourth-order valence-electron chi connectivity index (χ4n) is 2.97. The minimum absolute atomic E-state index is 0.0642. The van der Waals surface area contributed by atoms with E-state index in [4.69, 9.17) is 0 Å². The van der Waals surface area contributed by atoms with Crippen LogP contribution in [0.25, 0.3) is 0 Å². The van der Waals surface area contributed by atoms with Crippen molar-refractivity contribution in [3.63, 3.8) is 0 Å². The summed E-state index contributed by atoms with van der Waals surface area (Å²) in [5.74, 6) is 0.0642. The SMILES string of the molecule is CCN(CC)[C@@H]1CCN(CCC(=O)Nc2cccnc2)C1. The van der Waals surface area contributed by atoms with Gasteiger partial charge < -0.3 is 10.2 Å². The van der Waals surface area contributed by atoms with E-state index in [2.05, 4.69) is 33.9 Å². The van der Waals surface area contributed by atoms with Gasteiger partial charge in [-0.15, -0.1) is 0 Å². The summed E-state index contributed by atoms with van der Waals surface area (Å²) in [4.78, 5) is 20.8. The Balaban J connectivity index is 1.70. The Labute approximate surface area is 127 Å². The van der Waals surface area contributed by atoms with E-state index >= 15 is 0 Å². The smallest absolute Gasteiger partial charge is 0.225 e. The summed E-state index contributed by atoms with van der Waals surface area (Å²) in [7, 11) is 0. The van der Waals surface area contributed by atoms with E-state index in [9.17, 15) is 4.79 Å². The molecule has 5 nitrogen and oxygen atoms in total. The first kappa shape index (κ1) is 15.9. The topological polar surface area (TPSA) is 48.5 Å². The number of hydrogen-bond acceptors (Lipinski definition) is 4. The fraction of sp³-hybridized carbons (Fsp3) is 0.625. The van der Waals surface area contributed by atoms with E-state index in [1.54, 1.807) is 12.4 Å². The monoisotopic (exact) mass is 290 g/mol. The Morgan fingerprint density at radius 3 is 2.95 bits per heavy atom. The molecule has 0 saturated carbocycles. The maximum absolute atomic E-state index is 11.9. The number of anilines is 1. The number of likely N-dealkylation sites (N-methyl/N-ethyl adjacent to an activating group) is 1. The van der Waals surface area contributed by atoms with Gasteiger partial charge in [0.2, 0.25) is 5.91 Å². The van der Waals surface area contributed by atoms with E-state index in [1.807, 2.05) is 12.1 Å². The molecule has 0 bridgehead atoms. The number of aromatic nitrogens is 1. The van der Waals surface area contributed by atoms with Crippen molar-refractivity contribution in [1.82, 2.24) is 14.8 Å². The van der Waals surface area contributed by atoms with Crippen molar-refractivity contribution in [3.8, 4) is 0 Å². The fourth-order valence-corrected chi connectivity index (χ4v) is 2.97. The van der Waals surface area contributed by atoms with E-state index in [-0.39, 0.29) is 5.91 Å². The van der Waals surface area contributed by atoms with Gasteiger partial charge in [-0.2, -0.15) is 0 Å². The Kier molecular flexibility index (Phi) is 6.14. The van der Waals surface area contributed by atoms with Crippen LogP contribution < -0.4 is 5.32 Å².